The van der Waals surface area contributed by atoms with E-state index in [1.165, 1.54) is 6.39 Å². The number of anilines is 2. The van der Waals surface area contributed by atoms with Crippen molar-refractivity contribution < 1.29 is 4.52 Å². The molecule has 1 saturated heterocycles. The van der Waals surface area contributed by atoms with Crippen LogP contribution in [0.15, 0.2) is 35.2 Å². The molecule has 6 heteroatoms. The van der Waals surface area contributed by atoms with Crippen LogP contribution in [0.4, 0.5) is 11.4 Å². The lowest BCUT2D eigenvalue weighted by molar-refractivity contribution is 0.240. The van der Waals surface area contributed by atoms with E-state index in [0.29, 0.717) is 0 Å². The highest BCUT2D eigenvalue weighted by atomic mass is 16.5. The molecule has 0 atom stereocenters. The fourth-order valence-electron chi connectivity index (χ4n) is 2.38. The van der Waals surface area contributed by atoms with E-state index in [9.17, 15) is 0 Å². The van der Waals surface area contributed by atoms with Crippen LogP contribution in [-0.4, -0.2) is 41.2 Å². The van der Waals surface area contributed by atoms with Crippen LogP contribution in [-0.2, 0) is 6.54 Å². The first kappa shape index (κ1) is 12.0. The molecule has 0 radical (unpaired) electrons. The van der Waals surface area contributed by atoms with E-state index in [4.69, 9.17) is 10.3 Å². The summed E-state index contributed by atoms with van der Waals surface area (Å²) in [7, 11) is 0. The van der Waals surface area contributed by atoms with Crippen molar-refractivity contribution >= 4 is 11.4 Å². The Kier molecular flexibility index (Phi) is 3.33. The summed E-state index contributed by atoms with van der Waals surface area (Å²) in [4.78, 5) is 8.69. The van der Waals surface area contributed by atoms with Crippen molar-refractivity contribution in [2.45, 2.75) is 6.54 Å². The fraction of sp³-hybridized carbons (Fsp3) is 0.385. The number of para-hydroxylation sites is 2. The normalized spacial score (nSPS) is 16.7. The molecule has 1 aromatic heterocycles. The zero-order chi connectivity index (χ0) is 13.1. The number of aromatic nitrogens is 2. The minimum absolute atomic E-state index is 0.743. The van der Waals surface area contributed by atoms with E-state index in [0.717, 1.165) is 49.9 Å². The highest BCUT2D eigenvalue weighted by Crippen LogP contribution is 2.23. The van der Waals surface area contributed by atoms with Crippen molar-refractivity contribution in [2.24, 2.45) is 0 Å². The van der Waals surface area contributed by atoms with Gasteiger partial charge in [0.15, 0.2) is 5.82 Å². The average molecular weight is 259 g/mol. The van der Waals surface area contributed by atoms with Gasteiger partial charge in [-0.15, -0.1) is 0 Å². The molecule has 19 heavy (non-hydrogen) atoms. The average Bonchev–Trinajstić information content (AvgIpc) is 2.93. The Morgan fingerprint density at radius 3 is 2.63 bits per heavy atom. The summed E-state index contributed by atoms with van der Waals surface area (Å²) in [6.45, 7) is 4.62. The molecule has 0 spiro atoms. The van der Waals surface area contributed by atoms with Crippen LogP contribution in [0.1, 0.15) is 5.82 Å². The minimum atomic E-state index is 0.743. The highest BCUT2D eigenvalue weighted by molar-refractivity contribution is 5.67. The summed E-state index contributed by atoms with van der Waals surface area (Å²) < 4.78 is 4.75. The third-order valence-corrected chi connectivity index (χ3v) is 3.42. The van der Waals surface area contributed by atoms with Crippen molar-refractivity contribution in [1.29, 1.82) is 0 Å². The number of piperazine rings is 1. The molecule has 0 bridgehead atoms. The van der Waals surface area contributed by atoms with Crippen LogP contribution in [0.5, 0.6) is 0 Å². The van der Waals surface area contributed by atoms with Gasteiger partial charge in [-0.2, -0.15) is 4.98 Å². The Morgan fingerprint density at radius 1 is 1.16 bits per heavy atom. The van der Waals surface area contributed by atoms with Gasteiger partial charge in [0.25, 0.3) is 0 Å². The molecule has 0 saturated carbocycles. The van der Waals surface area contributed by atoms with Gasteiger partial charge < -0.3 is 15.2 Å². The highest BCUT2D eigenvalue weighted by Gasteiger charge is 2.19. The number of hydrogen-bond donors (Lipinski definition) is 1. The van der Waals surface area contributed by atoms with Gasteiger partial charge in [-0.05, 0) is 12.1 Å². The van der Waals surface area contributed by atoms with E-state index >= 15 is 0 Å². The summed E-state index contributed by atoms with van der Waals surface area (Å²) in [6.07, 6.45) is 1.37. The maximum atomic E-state index is 6.01. The van der Waals surface area contributed by atoms with Crippen molar-refractivity contribution in [1.82, 2.24) is 15.0 Å². The Balaban J connectivity index is 1.59. The Morgan fingerprint density at radius 2 is 1.95 bits per heavy atom. The first-order valence-electron chi connectivity index (χ1n) is 6.40. The van der Waals surface area contributed by atoms with Crippen LogP contribution in [0, 0.1) is 0 Å². The number of benzene rings is 1. The molecule has 0 unspecified atom stereocenters. The second-order valence-electron chi connectivity index (χ2n) is 4.67. The van der Waals surface area contributed by atoms with Gasteiger partial charge in [0, 0.05) is 26.2 Å². The molecule has 1 aliphatic rings. The predicted molar refractivity (Wildman–Crippen MR) is 72.6 cm³/mol. The van der Waals surface area contributed by atoms with Gasteiger partial charge in [0.1, 0.15) is 0 Å². The maximum absolute atomic E-state index is 6.01. The standard InChI is InChI=1S/C13H17N5O/c14-11-3-1-2-4-12(11)18-7-5-17(6-8-18)9-13-15-10-19-16-13/h1-4,10H,5-9,14H2. The SMILES string of the molecule is Nc1ccccc1N1CCN(Cc2ncon2)CC1. The fourth-order valence-corrected chi connectivity index (χ4v) is 2.38. The number of nitrogens with zero attached hydrogens (tertiary/aromatic N) is 4. The topological polar surface area (TPSA) is 71.4 Å². The van der Waals surface area contributed by atoms with Crippen LogP contribution in [0.2, 0.25) is 0 Å². The third kappa shape index (κ3) is 2.68. The van der Waals surface area contributed by atoms with E-state index < -0.39 is 0 Å². The summed E-state index contributed by atoms with van der Waals surface area (Å²) in [6, 6.07) is 8.01. The number of hydrogen-bond acceptors (Lipinski definition) is 6. The smallest absolute Gasteiger partial charge is 0.213 e. The molecule has 1 fully saturated rings. The van der Waals surface area contributed by atoms with Gasteiger partial charge in [-0.3, -0.25) is 4.90 Å². The van der Waals surface area contributed by atoms with Crippen molar-refractivity contribution in [3.63, 3.8) is 0 Å². The first-order valence-corrected chi connectivity index (χ1v) is 6.40. The number of nitrogens with two attached hydrogens (primary N) is 1. The van der Waals surface area contributed by atoms with Crippen LogP contribution in [0.25, 0.3) is 0 Å². The van der Waals surface area contributed by atoms with Crippen molar-refractivity contribution in [3.8, 4) is 0 Å². The lowest BCUT2D eigenvalue weighted by atomic mass is 10.2. The third-order valence-electron chi connectivity index (χ3n) is 3.42. The zero-order valence-electron chi connectivity index (χ0n) is 10.7. The Bertz CT molecular complexity index is 520. The van der Waals surface area contributed by atoms with E-state index in [1.54, 1.807) is 0 Å². The molecule has 2 heterocycles. The predicted octanol–water partition coefficient (Wildman–Crippen LogP) is 0.974. The number of nitrogen functional groups attached to an aromatic ring is 1. The van der Waals surface area contributed by atoms with Crippen LogP contribution < -0.4 is 10.6 Å². The molecule has 0 amide bonds. The molecule has 100 valence electrons. The minimum Gasteiger partial charge on any atom is -0.397 e. The lowest BCUT2D eigenvalue weighted by Gasteiger charge is -2.36. The number of rotatable bonds is 3. The van der Waals surface area contributed by atoms with E-state index in [2.05, 4.69) is 26.0 Å². The monoisotopic (exact) mass is 259 g/mol. The van der Waals surface area contributed by atoms with Crippen LogP contribution >= 0.6 is 0 Å². The molecule has 2 N–H and O–H groups in total. The lowest BCUT2D eigenvalue weighted by Crippen LogP contribution is -2.46. The second kappa shape index (κ2) is 5.27. The van der Waals surface area contributed by atoms with Crippen LogP contribution in [0.3, 0.4) is 0 Å². The molecule has 1 aromatic carbocycles. The van der Waals surface area contributed by atoms with E-state index in [1.807, 2.05) is 18.2 Å². The van der Waals surface area contributed by atoms with Gasteiger partial charge >= 0.3 is 0 Å². The summed E-state index contributed by atoms with van der Waals surface area (Å²) in [5.41, 5.74) is 7.98. The second-order valence-corrected chi connectivity index (χ2v) is 4.67. The van der Waals surface area contributed by atoms with E-state index in [-0.39, 0.29) is 0 Å². The molecule has 6 nitrogen and oxygen atoms in total. The van der Waals surface area contributed by atoms with Crippen molar-refractivity contribution in [2.75, 3.05) is 36.8 Å². The van der Waals surface area contributed by atoms with Gasteiger partial charge in [-0.25, -0.2) is 0 Å². The maximum Gasteiger partial charge on any atom is 0.213 e. The Labute approximate surface area is 111 Å². The summed E-state index contributed by atoms with van der Waals surface area (Å²) in [5, 5.41) is 3.84. The first-order chi connectivity index (χ1) is 9.33. The molecule has 3 rings (SSSR count). The largest absolute Gasteiger partial charge is 0.397 e. The van der Waals surface area contributed by atoms with Gasteiger partial charge in [0.05, 0.1) is 17.9 Å². The van der Waals surface area contributed by atoms with Crippen molar-refractivity contribution in [3.05, 3.63) is 36.5 Å². The molecule has 1 aliphatic heterocycles. The van der Waals surface area contributed by atoms with Gasteiger partial charge in [-0.1, -0.05) is 17.3 Å². The zero-order valence-corrected chi connectivity index (χ0v) is 10.7. The molecule has 2 aromatic rings. The molecular weight excluding hydrogens is 242 g/mol. The summed E-state index contributed by atoms with van der Waals surface area (Å²) in [5.74, 6) is 0.743. The summed E-state index contributed by atoms with van der Waals surface area (Å²) >= 11 is 0. The molecule has 0 aliphatic carbocycles. The molecular formula is C13H17N5O. The Hall–Kier alpha value is -2.08. The quantitative estimate of drug-likeness (QED) is 0.828. The van der Waals surface area contributed by atoms with Gasteiger partial charge in [0.2, 0.25) is 6.39 Å².